The molecule has 0 spiro atoms. The van der Waals surface area contributed by atoms with Crippen LogP contribution in [0.25, 0.3) is 0 Å². The minimum atomic E-state index is -1.31. The second kappa shape index (κ2) is 8.12. The smallest absolute Gasteiger partial charge is 0.339 e. The van der Waals surface area contributed by atoms with Gasteiger partial charge >= 0.3 is 5.97 Å². The summed E-state index contributed by atoms with van der Waals surface area (Å²) >= 11 is 0. The summed E-state index contributed by atoms with van der Waals surface area (Å²) in [7, 11) is 1.40. The summed E-state index contributed by atoms with van der Waals surface area (Å²) in [5, 5.41) is 2.07. The average molecular weight is 393 g/mol. The molecule has 1 atom stereocenters. The van der Waals surface area contributed by atoms with Crippen molar-refractivity contribution in [3.8, 4) is 17.2 Å². The quantitative estimate of drug-likeness (QED) is 0.787. The van der Waals surface area contributed by atoms with Gasteiger partial charge in [-0.05, 0) is 31.2 Å². The van der Waals surface area contributed by atoms with E-state index in [1.807, 2.05) is 0 Å². The lowest BCUT2D eigenvalue weighted by Crippen LogP contribution is -2.30. The van der Waals surface area contributed by atoms with E-state index < -0.39 is 35.3 Å². The number of nitrogens with one attached hydrogen (secondary N) is 1. The number of anilines is 1. The van der Waals surface area contributed by atoms with Gasteiger partial charge in [-0.3, -0.25) is 4.79 Å². The molecular weight excluding hydrogens is 376 g/mol. The Morgan fingerprint density at radius 1 is 1.14 bits per heavy atom. The van der Waals surface area contributed by atoms with Gasteiger partial charge < -0.3 is 24.3 Å². The molecule has 1 heterocycles. The molecule has 0 aliphatic carbocycles. The van der Waals surface area contributed by atoms with E-state index in [9.17, 15) is 18.4 Å². The predicted octanol–water partition coefficient (Wildman–Crippen LogP) is 2.93. The number of halogens is 2. The molecule has 9 heteroatoms. The molecule has 0 aromatic heterocycles. The summed E-state index contributed by atoms with van der Waals surface area (Å²) in [4.78, 5) is 24.5. The predicted molar refractivity (Wildman–Crippen MR) is 93.8 cm³/mol. The van der Waals surface area contributed by atoms with Crippen molar-refractivity contribution in [1.29, 1.82) is 0 Å². The van der Waals surface area contributed by atoms with Gasteiger partial charge in [-0.15, -0.1) is 0 Å². The Hall–Kier alpha value is -3.36. The van der Waals surface area contributed by atoms with Gasteiger partial charge in [0.25, 0.3) is 5.91 Å². The lowest BCUT2D eigenvalue weighted by atomic mass is 10.1. The Kier molecular flexibility index (Phi) is 5.62. The Bertz CT molecular complexity index is 880. The molecule has 3 rings (SSSR count). The molecule has 7 nitrogen and oxygen atoms in total. The van der Waals surface area contributed by atoms with Crippen LogP contribution in [0.4, 0.5) is 14.5 Å². The molecular formula is C19H17F2NO6. The lowest BCUT2D eigenvalue weighted by Gasteiger charge is -2.21. The van der Waals surface area contributed by atoms with E-state index in [-0.39, 0.29) is 11.3 Å². The highest BCUT2D eigenvalue weighted by Crippen LogP contribution is 2.40. The third-order valence-electron chi connectivity index (χ3n) is 3.93. The van der Waals surface area contributed by atoms with Crippen LogP contribution in [0.5, 0.6) is 17.2 Å². The number of methoxy groups -OCH3 is 1. The monoisotopic (exact) mass is 393 g/mol. The maximum Gasteiger partial charge on any atom is 0.339 e. The van der Waals surface area contributed by atoms with E-state index in [4.69, 9.17) is 18.9 Å². The zero-order valence-corrected chi connectivity index (χ0v) is 15.1. The molecule has 1 N–H and O–H groups in total. The Morgan fingerprint density at radius 2 is 1.82 bits per heavy atom. The zero-order valence-electron chi connectivity index (χ0n) is 15.1. The molecule has 1 aliphatic heterocycles. The molecule has 28 heavy (non-hydrogen) atoms. The molecule has 0 fully saturated rings. The van der Waals surface area contributed by atoms with Gasteiger partial charge in [-0.25, -0.2) is 13.6 Å². The van der Waals surface area contributed by atoms with Crippen LogP contribution in [-0.2, 0) is 9.53 Å². The van der Waals surface area contributed by atoms with Gasteiger partial charge in [-0.2, -0.15) is 0 Å². The number of hydrogen-bond donors (Lipinski definition) is 1. The third kappa shape index (κ3) is 3.98. The van der Waals surface area contributed by atoms with E-state index in [0.29, 0.717) is 24.7 Å². The maximum atomic E-state index is 13.6. The van der Waals surface area contributed by atoms with Crippen LogP contribution >= 0.6 is 0 Å². The van der Waals surface area contributed by atoms with Crippen LogP contribution in [0.1, 0.15) is 17.3 Å². The summed E-state index contributed by atoms with van der Waals surface area (Å²) in [6, 6.07) is 5.95. The summed E-state index contributed by atoms with van der Waals surface area (Å²) in [5.74, 6) is -2.66. The topological polar surface area (TPSA) is 83.1 Å². The van der Waals surface area contributed by atoms with E-state index >= 15 is 0 Å². The average Bonchev–Trinajstić information content (AvgIpc) is 2.69. The SMILES string of the molecule is COc1cc(C(=O)O[C@@H](C)C(=O)Nc2c(F)cccc2F)cc2c1OCCO2. The lowest BCUT2D eigenvalue weighted by molar-refractivity contribution is -0.123. The second-order valence-electron chi connectivity index (χ2n) is 5.84. The first-order valence-electron chi connectivity index (χ1n) is 8.34. The van der Waals surface area contributed by atoms with Crippen molar-refractivity contribution < 1.29 is 37.3 Å². The van der Waals surface area contributed by atoms with Gasteiger partial charge in [0.2, 0.25) is 5.75 Å². The molecule has 2 aromatic carbocycles. The van der Waals surface area contributed by atoms with Gasteiger partial charge in [0.1, 0.15) is 30.5 Å². The number of hydrogen-bond acceptors (Lipinski definition) is 6. The number of ether oxygens (including phenoxy) is 4. The molecule has 1 aliphatic rings. The molecule has 2 aromatic rings. The number of carbonyl (C=O) groups excluding carboxylic acids is 2. The number of amides is 1. The first kappa shape index (κ1) is 19.4. The molecule has 0 saturated heterocycles. The van der Waals surface area contributed by atoms with Crippen LogP contribution in [0.2, 0.25) is 0 Å². The van der Waals surface area contributed by atoms with Crippen molar-refractivity contribution in [3.05, 3.63) is 47.5 Å². The van der Waals surface area contributed by atoms with Gasteiger partial charge in [0, 0.05) is 0 Å². The van der Waals surface area contributed by atoms with E-state index in [0.717, 1.165) is 12.1 Å². The van der Waals surface area contributed by atoms with Crippen LogP contribution in [0.3, 0.4) is 0 Å². The molecule has 0 unspecified atom stereocenters. The molecule has 0 radical (unpaired) electrons. The van der Waals surface area contributed by atoms with Gasteiger partial charge in [0.05, 0.1) is 12.7 Å². The van der Waals surface area contributed by atoms with E-state index in [1.54, 1.807) is 0 Å². The number of benzene rings is 2. The fourth-order valence-corrected chi connectivity index (χ4v) is 2.52. The molecule has 1 amide bonds. The summed E-state index contributed by atoms with van der Waals surface area (Å²) in [6.45, 7) is 1.93. The number of para-hydroxylation sites is 1. The number of fused-ring (bicyclic) bond motifs is 1. The third-order valence-corrected chi connectivity index (χ3v) is 3.93. The number of carbonyl (C=O) groups is 2. The van der Waals surface area contributed by atoms with Crippen molar-refractivity contribution >= 4 is 17.6 Å². The largest absolute Gasteiger partial charge is 0.493 e. The Labute approximate surface area is 159 Å². The Balaban J connectivity index is 1.73. The fourth-order valence-electron chi connectivity index (χ4n) is 2.52. The fraction of sp³-hybridized carbons (Fsp3) is 0.263. The highest BCUT2D eigenvalue weighted by atomic mass is 19.1. The summed E-state index contributed by atoms with van der Waals surface area (Å²) < 4.78 is 48.5. The van der Waals surface area contributed by atoms with Crippen molar-refractivity contribution in [2.24, 2.45) is 0 Å². The zero-order chi connectivity index (χ0) is 20.3. The number of rotatable bonds is 5. The van der Waals surface area contributed by atoms with E-state index in [2.05, 4.69) is 5.32 Å². The number of esters is 1. The van der Waals surface area contributed by atoms with Crippen molar-refractivity contribution in [2.75, 3.05) is 25.6 Å². The minimum Gasteiger partial charge on any atom is -0.493 e. The Morgan fingerprint density at radius 3 is 2.50 bits per heavy atom. The standard InChI is InChI=1S/C19H17F2NO6/c1-10(18(23)22-16-12(20)4-3-5-13(16)21)28-19(24)11-8-14(25-2)17-15(9-11)26-6-7-27-17/h3-5,8-10H,6-7H2,1-2H3,(H,22,23)/t10-/m0/s1. The highest BCUT2D eigenvalue weighted by Gasteiger charge is 2.25. The van der Waals surface area contributed by atoms with Crippen molar-refractivity contribution in [1.82, 2.24) is 0 Å². The molecule has 0 saturated carbocycles. The first-order chi connectivity index (χ1) is 13.4. The maximum absolute atomic E-state index is 13.6. The van der Waals surface area contributed by atoms with Crippen LogP contribution in [0.15, 0.2) is 30.3 Å². The van der Waals surface area contributed by atoms with Crippen molar-refractivity contribution in [2.45, 2.75) is 13.0 Å². The normalized spacial score (nSPS) is 13.4. The highest BCUT2D eigenvalue weighted by molar-refractivity contribution is 5.98. The van der Waals surface area contributed by atoms with Gasteiger partial charge in [-0.1, -0.05) is 6.07 Å². The van der Waals surface area contributed by atoms with Crippen molar-refractivity contribution in [3.63, 3.8) is 0 Å². The van der Waals surface area contributed by atoms with Crippen LogP contribution < -0.4 is 19.5 Å². The van der Waals surface area contributed by atoms with Crippen LogP contribution in [-0.4, -0.2) is 38.3 Å². The summed E-state index contributed by atoms with van der Waals surface area (Å²) in [6.07, 6.45) is -1.31. The summed E-state index contributed by atoms with van der Waals surface area (Å²) in [5.41, 5.74) is -0.547. The van der Waals surface area contributed by atoms with E-state index in [1.165, 1.54) is 32.2 Å². The van der Waals surface area contributed by atoms with Gasteiger partial charge in [0.15, 0.2) is 17.6 Å². The minimum absolute atomic E-state index is 0.0674. The molecule has 0 bridgehead atoms. The molecule has 148 valence electrons. The second-order valence-corrected chi connectivity index (χ2v) is 5.84. The first-order valence-corrected chi connectivity index (χ1v) is 8.34. The van der Waals surface area contributed by atoms with Crippen LogP contribution in [0, 0.1) is 11.6 Å².